The number of rotatable bonds is 7. The molecule has 0 spiro atoms. The van der Waals surface area contributed by atoms with Gasteiger partial charge in [0.15, 0.2) is 0 Å². The monoisotopic (exact) mass is 299 g/mol. The topological polar surface area (TPSA) is 62.0 Å². The van der Waals surface area contributed by atoms with Gasteiger partial charge in [0.25, 0.3) is 0 Å². The molecule has 2 aromatic rings. The predicted octanol–water partition coefficient (Wildman–Crippen LogP) is 3.99. The van der Waals surface area contributed by atoms with Gasteiger partial charge in [-0.3, -0.25) is 0 Å². The van der Waals surface area contributed by atoms with Crippen LogP contribution in [-0.4, -0.2) is 22.6 Å². The van der Waals surface area contributed by atoms with Crippen LogP contribution in [-0.2, 0) is 6.42 Å². The van der Waals surface area contributed by atoms with Crippen LogP contribution in [0.4, 0.5) is 0 Å². The molecule has 2 rings (SSSR count). The lowest BCUT2D eigenvalue weighted by atomic mass is 10.0. The van der Waals surface area contributed by atoms with Crippen molar-refractivity contribution in [3.63, 3.8) is 0 Å². The molecule has 0 radical (unpaired) electrons. The van der Waals surface area contributed by atoms with Crippen LogP contribution >= 0.6 is 0 Å². The van der Waals surface area contributed by atoms with E-state index in [0.717, 1.165) is 18.4 Å². The maximum atomic E-state index is 10.2. The van der Waals surface area contributed by atoms with Crippen LogP contribution in [0.3, 0.4) is 0 Å². The molecule has 0 fully saturated rings. The van der Waals surface area contributed by atoms with Crippen LogP contribution < -0.4 is 4.74 Å². The van der Waals surface area contributed by atoms with Crippen molar-refractivity contribution < 1.29 is 15.1 Å². The third-order valence-electron chi connectivity index (χ3n) is 3.38. The Hall–Kier alpha value is -2.49. The van der Waals surface area contributed by atoms with Crippen LogP contribution in [0.15, 0.2) is 53.7 Å². The van der Waals surface area contributed by atoms with E-state index in [2.05, 4.69) is 12.1 Å². The molecule has 0 aliphatic rings. The minimum absolute atomic E-state index is 0.0535. The van der Waals surface area contributed by atoms with Crippen molar-refractivity contribution in [2.75, 3.05) is 6.61 Å². The van der Waals surface area contributed by atoms with E-state index < -0.39 is 0 Å². The number of unbranched alkanes of at least 4 members (excludes halogenated alkanes) is 1. The van der Waals surface area contributed by atoms with Gasteiger partial charge in [-0.05, 0) is 24.1 Å². The average molecular weight is 299 g/mol. The Morgan fingerprint density at radius 3 is 2.55 bits per heavy atom. The molecule has 0 aliphatic heterocycles. The fourth-order valence-corrected chi connectivity index (χ4v) is 2.15. The molecule has 4 heteroatoms. The van der Waals surface area contributed by atoms with E-state index in [1.165, 1.54) is 0 Å². The zero-order chi connectivity index (χ0) is 15.8. The Morgan fingerprint density at radius 1 is 1.14 bits per heavy atom. The smallest absolute Gasteiger partial charge is 0.128 e. The molecule has 2 N–H and O–H groups in total. The molecule has 0 unspecified atom stereocenters. The lowest BCUT2D eigenvalue weighted by Gasteiger charge is -2.10. The van der Waals surface area contributed by atoms with Crippen LogP contribution in [0, 0.1) is 0 Å². The molecule has 2 aromatic carbocycles. The molecule has 0 saturated heterocycles. The number of hydrogen-bond acceptors (Lipinski definition) is 4. The van der Waals surface area contributed by atoms with Crippen LogP contribution in [0.2, 0.25) is 0 Å². The highest BCUT2D eigenvalue weighted by atomic mass is 16.5. The number of phenols is 1. The first-order chi connectivity index (χ1) is 10.7. The highest BCUT2D eigenvalue weighted by Gasteiger charge is 2.12. The lowest BCUT2D eigenvalue weighted by molar-refractivity contribution is 0.307. The van der Waals surface area contributed by atoms with Crippen molar-refractivity contribution in [1.29, 1.82) is 0 Å². The van der Waals surface area contributed by atoms with Crippen molar-refractivity contribution in [3.8, 4) is 11.5 Å². The van der Waals surface area contributed by atoms with Gasteiger partial charge in [-0.1, -0.05) is 48.8 Å². The number of hydrogen-bond donors (Lipinski definition) is 2. The Labute approximate surface area is 130 Å². The molecule has 116 valence electrons. The normalized spacial score (nSPS) is 11.4. The molecular formula is C18H21NO3. The molecule has 0 saturated carbocycles. The van der Waals surface area contributed by atoms with Crippen molar-refractivity contribution in [2.45, 2.75) is 26.2 Å². The Bertz CT molecular complexity index is 623. The minimum Gasteiger partial charge on any atom is -0.507 e. The Balaban J connectivity index is 2.13. The molecule has 0 atom stereocenters. The number of phenolic OH excluding ortho intramolecular Hbond substituents is 1. The number of benzene rings is 2. The molecule has 22 heavy (non-hydrogen) atoms. The lowest BCUT2D eigenvalue weighted by Crippen LogP contribution is -2.06. The standard InChI is InChI=1S/C18H21NO3/c1-2-3-11-22-15-9-10-16(18(20)13-15)17(19-21)12-14-7-5-4-6-8-14/h4-10,13,20-21H,2-3,11-12H2,1H3/b19-17+. The van der Waals surface area contributed by atoms with Gasteiger partial charge in [-0.15, -0.1) is 0 Å². The Morgan fingerprint density at radius 2 is 1.91 bits per heavy atom. The number of ether oxygens (including phenoxy) is 1. The first-order valence-corrected chi connectivity index (χ1v) is 7.45. The van der Waals surface area contributed by atoms with Gasteiger partial charge in [0.1, 0.15) is 11.5 Å². The fourth-order valence-electron chi connectivity index (χ4n) is 2.15. The summed E-state index contributed by atoms with van der Waals surface area (Å²) in [4.78, 5) is 0. The third-order valence-corrected chi connectivity index (χ3v) is 3.38. The van der Waals surface area contributed by atoms with Gasteiger partial charge in [0.2, 0.25) is 0 Å². The SMILES string of the molecule is CCCCOc1ccc(/C(Cc2ccccc2)=N/O)c(O)c1. The average Bonchev–Trinajstić information content (AvgIpc) is 2.54. The summed E-state index contributed by atoms with van der Waals surface area (Å²) in [5.74, 6) is 0.671. The van der Waals surface area contributed by atoms with Crippen LogP contribution in [0.1, 0.15) is 30.9 Å². The van der Waals surface area contributed by atoms with Gasteiger partial charge >= 0.3 is 0 Å². The summed E-state index contributed by atoms with van der Waals surface area (Å²) in [7, 11) is 0. The number of oxime groups is 1. The summed E-state index contributed by atoms with van der Waals surface area (Å²) >= 11 is 0. The second kappa shape index (κ2) is 8.08. The Kier molecular flexibility index (Phi) is 5.83. The first-order valence-electron chi connectivity index (χ1n) is 7.45. The van der Waals surface area contributed by atoms with E-state index in [-0.39, 0.29) is 5.75 Å². The maximum Gasteiger partial charge on any atom is 0.128 e. The minimum atomic E-state index is 0.0535. The summed E-state index contributed by atoms with van der Waals surface area (Å²) in [5.41, 5.74) is 1.94. The summed E-state index contributed by atoms with van der Waals surface area (Å²) in [5, 5.41) is 22.7. The largest absolute Gasteiger partial charge is 0.507 e. The van der Waals surface area contributed by atoms with Crippen LogP contribution in [0.25, 0.3) is 0 Å². The van der Waals surface area contributed by atoms with Crippen molar-refractivity contribution in [2.24, 2.45) is 5.16 Å². The summed E-state index contributed by atoms with van der Waals surface area (Å²) in [6.07, 6.45) is 2.48. The molecule has 4 nitrogen and oxygen atoms in total. The molecule has 0 aromatic heterocycles. The fraction of sp³-hybridized carbons (Fsp3) is 0.278. The summed E-state index contributed by atoms with van der Waals surface area (Å²) < 4.78 is 5.55. The molecule has 0 amide bonds. The molecule has 0 heterocycles. The van der Waals surface area contributed by atoms with E-state index in [1.807, 2.05) is 30.3 Å². The maximum absolute atomic E-state index is 10.2. The summed E-state index contributed by atoms with van der Waals surface area (Å²) in [6, 6.07) is 14.7. The van der Waals surface area contributed by atoms with Gasteiger partial charge < -0.3 is 15.1 Å². The summed E-state index contributed by atoms with van der Waals surface area (Å²) in [6.45, 7) is 2.72. The zero-order valence-electron chi connectivity index (χ0n) is 12.7. The van der Waals surface area contributed by atoms with Crippen molar-refractivity contribution in [1.82, 2.24) is 0 Å². The van der Waals surface area contributed by atoms with E-state index in [9.17, 15) is 10.3 Å². The van der Waals surface area contributed by atoms with Crippen molar-refractivity contribution in [3.05, 3.63) is 59.7 Å². The number of aromatic hydroxyl groups is 1. The van der Waals surface area contributed by atoms with Gasteiger partial charge in [0, 0.05) is 18.1 Å². The molecular weight excluding hydrogens is 278 g/mol. The highest BCUT2D eigenvalue weighted by molar-refractivity contribution is 6.03. The van der Waals surface area contributed by atoms with E-state index >= 15 is 0 Å². The quantitative estimate of drug-likeness (QED) is 0.352. The second-order valence-corrected chi connectivity index (χ2v) is 5.09. The highest BCUT2D eigenvalue weighted by Crippen LogP contribution is 2.25. The van der Waals surface area contributed by atoms with Gasteiger partial charge in [-0.25, -0.2) is 0 Å². The van der Waals surface area contributed by atoms with Crippen molar-refractivity contribution >= 4 is 5.71 Å². The van der Waals surface area contributed by atoms with Crippen LogP contribution in [0.5, 0.6) is 11.5 Å². The van der Waals surface area contributed by atoms with E-state index in [0.29, 0.717) is 30.1 Å². The van der Waals surface area contributed by atoms with E-state index in [1.54, 1.807) is 18.2 Å². The van der Waals surface area contributed by atoms with Gasteiger partial charge in [0.05, 0.1) is 12.3 Å². The van der Waals surface area contributed by atoms with Gasteiger partial charge in [-0.2, -0.15) is 0 Å². The predicted molar refractivity (Wildman–Crippen MR) is 87.0 cm³/mol. The second-order valence-electron chi connectivity index (χ2n) is 5.09. The third kappa shape index (κ3) is 4.25. The zero-order valence-corrected chi connectivity index (χ0v) is 12.7. The first kappa shape index (κ1) is 15.9. The number of nitrogens with zero attached hydrogens (tertiary/aromatic N) is 1. The van der Waals surface area contributed by atoms with E-state index in [4.69, 9.17) is 4.74 Å². The molecule has 0 aliphatic carbocycles. The molecule has 0 bridgehead atoms.